The van der Waals surface area contributed by atoms with E-state index in [1.54, 1.807) is 11.9 Å². The number of guanidine groups is 1. The number of Topliss-reactive ketones (excluding diaryl/α,β-unsaturated/α-hetero) is 1. The Morgan fingerprint density at radius 2 is 1.81 bits per heavy atom. The maximum Gasteiger partial charge on any atom is 0.328 e. The average Bonchev–Trinajstić information content (AvgIpc) is 3.12. The fourth-order valence-electron chi connectivity index (χ4n) is 3.74. The number of imide groups is 1. The number of anilines is 1. The number of allylic oxidation sites excluding steroid dienone is 1. The number of hydrogen-bond donors (Lipinski definition) is 0. The Bertz CT molecular complexity index is 904. The molecule has 0 saturated carbocycles. The SMILES string of the molecule is CC(=O)CN1C(=O)C2C(N=C3N(c4ccc(C)cc4)C(C)=CN32)N(C)C1=O. The van der Waals surface area contributed by atoms with Crippen molar-refractivity contribution in [3.63, 3.8) is 0 Å². The van der Waals surface area contributed by atoms with Gasteiger partial charge in [0.15, 0.2) is 12.2 Å². The van der Waals surface area contributed by atoms with Gasteiger partial charge in [-0.1, -0.05) is 17.7 Å². The van der Waals surface area contributed by atoms with E-state index in [-0.39, 0.29) is 12.3 Å². The molecule has 3 amide bonds. The molecular weight excluding hydrogens is 346 g/mol. The number of rotatable bonds is 3. The summed E-state index contributed by atoms with van der Waals surface area (Å²) >= 11 is 0. The first kappa shape index (κ1) is 17.3. The van der Waals surface area contributed by atoms with E-state index in [9.17, 15) is 14.4 Å². The number of benzene rings is 1. The van der Waals surface area contributed by atoms with E-state index in [2.05, 4.69) is 4.99 Å². The summed E-state index contributed by atoms with van der Waals surface area (Å²) in [5, 5.41) is 0. The number of fused-ring (bicyclic) bond motifs is 3. The summed E-state index contributed by atoms with van der Waals surface area (Å²) in [5.41, 5.74) is 3.02. The average molecular weight is 367 g/mol. The molecule has 2 atom stereocenters. The lowest BCUT2D eigenvalue weighted by Gasteiger charge is -2.39. The van der Waals surface area contributed by atoms with Gasteiger partial charge in [-0.2, -0.15) is 0 Å². The molecule has 3 heterocycles. The van der Waals surface area contributed by atoms with Gasteiger partial charge in [0.05, 0.1) is 6.54 Å². The molecule has 2 unspecified atom stereocenters. The number of ketones is 1. The van der Waals surface area contributed by atoms with Crippen LogP contribution in [0.3, 0.4) is 0 Å². The van der Waals surface area contributed by atoms with Gasteiger partial charge in [-0.25, -0.2) is 9.79 Å². The van der Waals surface area contributed by atoms with Crippen LogP contribution in [-0.4, -0.2) is 64.2 Å². The normalized spacial score (nSPS) is 24.1. The lowest BCUT2D eigenvalue weighted by atomic mass is 10.1. The number of carbonyl (C=O) groups is 3. The predicted octanol–water partition coefficient (Wildman–Crippen LogP) is 1.53. The molecule has 3 aliphatic heterocycles. The van der Waals surface area contributed by atoms with E-state index in [4.69, 9.17) is 0 Å². The minimum absolute atomic E-state index is 0.223. The molecule has 8 heteroatoms. The van der Waals surface area contributed by atoms with Crippen molar-refractivity contribution >= 4 is 29.4 Å². The lowest BCUT2D eigenvalue weighted by molar-refractivity contribution is -0.139. The van der Waals surface area contributed by atoms with Gasteiger partial charge in [-0.3, -0.25) is 19.4 Å². The highest BCUT2D eigenvalue weighted by Gasteiger charge is 2.54. The number of carbonyl (C=O) groups excluding carboxylic acids is 3. The standard InChI is InChI=1S/C19H21N5O3/c1-11-5-7-14(8-6-11)24-12(2)9-22-15-16(20-18(22)24)21(4)19(27)23(17(15)26)10-13(3)25/h5-9,15-16H,10H2,1-4H3. The van der Waals surface area contributed by atoms with E-state index >= 15 is 0 Å². The molecule has 3 aliphatic rings. The van der Waals surface area contributed by atoms with Crippen molar-refractivity contribution in [3.8, 4) is 0 Å². The highest BCUT2D eigenvalue weighted by molar-refractivity contribution is 6.10. The maximum absolute atomic E-state index is 13.0. The number of likely N-dealkylation sites (N-methyl/N-ethyl adjacent to an activating group) is 1. The number of urea groups is 1. The van der Waals surface area contributed by atoms with E-state index in [1.807, 2.05) is 49.2 Å². The molecule has 1 saturated heterocycles. The van der Waals surface area contributed by atoms with Crippen LogP contribution in [0.2, 0.25) is 0 Å². The first-order valence-corrected chi connectivity index (χ1v) is 8.78. The Morgan fingerprint density at radius 3 is 2.44 bits per heavy atom. The second-order valence-corrected chi connectivity index (χ2v) is 7.16. The summed E-state index contributed by atoms with van der Waals surface area (Å²) in [6.45, 7) is 5.11. The fraction of sp³-hybridized carbons (Fsp3) is 0.368. The van der Waals surface area contributed by atoms with Gasteiger partial charge < -0.3 is 9.80 Å². The molecule has 0 aromatic heterocycles. The van der Waals surface area contributed by atoms with Gasteiger partial charge in [0, 0.05) is 24.6 Å². The van der Waals surface area contributed by atoms with Gasteiger partial charge in [0.1, 0.15) is 5.78 Å². The number of amides is 3. The Morgan fingerprint density at radius 1 is 1.15 bits per heavy atom. The lowest BCUT2D eigenvalue weighted by Crippen LogP contribution is -2.64. The Kier molecular flexibility index (Phi) is 3.80. The Balaban J connectivity index is 1.71. The van der Waals surface area contributed by atoms with Crippen molar-refractivity contribution in [1.29, 1.82) is 0 Å². The molecule has 0 N–H and O–H groups in total. The minimum Gasteiger partial charge on any atom is -0.302 e. The largest absolute Gasteiger partial charge is 0.328 e. The first-order chi connectivity index (χ1) is 12.8. The summed E-state index contributed by atoms with van der Waals surface area (Å²) in [7, 11) is 1.61. The summed E-state index contributed by atoms with van der Waals surface area (Å²) < 4.78 is 0. The molecule has 8 nitrogen and oxygen atoms in total. The second-order valence-electron chi connectivity index (χ2n) is 7.16. The monoisotopic (exact) mass is 367 g/mol. The maximum atomic E-state index is 13.0. The van der Waals surface area contributed by atoms with E-state index in [0.717, 1.165) is 21.8 Å². The third-order valence-corrected chi connectivity index (χ3v) is 5.06. The van der Waals surface area contributed by atoms with E-state index in [0.29, 0.717) is 5.96 Å². The summed E-state index contributed by atoms with van der Waals surface area (Å²) in [5.74, 6) is -0.0204. The van der Waals surface area contributed by atoms with Gasteiger partial charge in [-0.15, -0.1) is 0 Å². The van der Waals surface area contributed by atoms with Crippen molar-refractivity contribution in [1.82, 2.24) is 14.7 Å². The number of hydrogen-bond acceptors (Lipinski definition) is 6. The summed E-state index contributed by atoms with van der Waals surface area (Å²) in [6, 6.07) is 6.88. The molecule has 1 aromatic carbocycles. The predicted molar refractivity (Wildman–Crippen MR) is 99.8 cm³/mol. The van der Waals surface area contributed by atoms with Crippen molar-refractivity contribution in [3.05, 3.63) is 41.7 Å². The molecule has 27 heavy (non-hydrogen) atoms. The zero-order valence-electron chi connectivity index (χ0n) is 15.7. The molecule has 0 bridgehead atoms. The molecule has 0 aliphatic carbocycles. The van der Waals surface area contributed by atoms with Crippen LogP contribution in [0.4, 0.5) is 10.5 Å². The highest BCUT2D eigenvalue weighted by Crippen LogP contribution is 2.36. The number of aryl methyl sites for hydroxylation is 1. The van der Waals surface area contributed by atoms with E-state index < -0.39 is 24.1 Å². The van der Waals surface area contributed by atoms with Crippen molar-refractivity contribution < 1.29 is 14.4 Å². The Labute approximate surface area is 157 Å². The quantitative estimate of drug-likeness (QED) is 0.810. The van der Waals surface area contributed by atoms with Crippen molar-refractivity contribution in [2.45, 2.75) is 33.0 Å². The van der Waals surface area contributed by atoms with Crippen LogP contribution in [-0.2, 0) is 9.59 Å². The summed E-state index contributed by atoms with van der Waals surface area (Å²) in [4.78, 5) is 48.0. The molecular formula is C19H21N5O3. The van der Waals surface area contributed by atoms with Crippen LogP contribution < -0.4 is 4.90 Å². The van der Waals surface area contributed by atoms with Gasteiger partial charge in [-0.05, 0) is 32.9 Å². The number of aliphatic imine (C=N–C) groups is 1. The van der Waals surface area contributed by atoms with Crippen LogP contribution >= 0.6 is 0 Å². The van der Waals surface area contributed by atoms with E-state index in [1.165, 1.54) is 11.8 Å². The molecule has 0 spiro atoms. The zero-order valence-corrected chi connectivity index (χ0v) is 15.7. The molecule has 140 valence electrons. The van der Waals surface area contributed by atoms with Crippen molar-refractivity contribution in [2.24, 2.45) is 4.99 Å². The third-order valence-electron chi connectivity index (χ3n) is 5.06. The van der Waals surface area contributed by atoms with Crippen molar-refractivity contribution in [2.75, 3.05) is 18.5 Å². The molecule has 1 fully saturated rings. The minimum atomic E-state index is -0.660. The Hall–Kier alpha value is -3.16. The van der Waals surface area contributed by atoms with Crippen LogP contribution in [0.15, 0.2) is 41.2 Å². The molecule has 1 aromatic rings. The van der Waals surface area contributed by atoms with Gasteiger partial charge in [0.2, 0.25) is 5.96 Å². The highest BCUT2D eigenvalue weighted by atomic mass is 16.2. The molecule has 4 rings (SSSR count). The summed E-state index contributed by atoms with van der Waals surface area (Å²) in [6.07, 6.45) is 1.26. The van der Waals surface area contributed by atoms with Crippen LogP contribution in [0.5, 0.6) is 0 Å². The smallest absolute Gasteiger partial charge is 0.302 e. The zero-order chi connectivity index (χ0) is 19.5. The van der Waals surface area contributed by atoms with Gasteiger partial charge >= 0.3 is 6.03 Å². The fourth-order valence-corrected chi connectivity index (χ4v) is 3.74. The molecule has 0 radical (unpaired) electrons. The topological polar surface area (TPSA) is 76.5 Å². The van der Waals surface area contributed by atoms with Crippen LogP contribution in [0.25, 0.3) is 0 Å². The second kappa shape index (κ2) is 5.94. The van der Waals surface area contributed by atoms with Gasteiger partial charge in [0.25, 0.3) is 5.91 Å². The third kappa shape index (κ3) is 2.51. The first-order valence-electron chi connectivity index (χ1n) is 8.78. The number of nitrogens with zero attached hydrogens (tertiary/aromatic N) is 5. The van der Waals surface area contributed by atoms with Crippen LogP contribution in [0.1, 0.15) is 19.4 Å². The van der Waals surface area contributed by atoms with Crippen LogP contribution in [0, 0.1) is 6.92 Å².